The van der Waals surface area contributed by atoms with Gasteiger partial charge in [0.25, 0.3) is 0 Å². The molecule has 0 saturated heterocycles. The summed E-state index contributed by atoms with van der Waals surface area (Å²) in [6.45, 7) is 1.54. The molecule has 0 spiro atoms. The molecule has 0 radical (unpaired) electrons. The van der Waals surface area contributed by atoms with Gasteiger partial charge in [0.05, 0.1) is 0 Å². The van der Waals surface area contributed by atoms with E-state index in [4.69, 9.17) is 15.0 Å². The van der Waals surface area contributed by atoms with Crippen molar-refractivity contribution in [3.63, 3.8) is 0 Å². The molecule has 1 atom stereocenters. The number of halogens is 1. The first kappa shape index (κ1) is 20.1. The van der Waals surface area contributed by atoms with Crippen LogP contribution in [-0.4, -0.2) is 40.7 Å². The molecular formula is C21H21FN4O3. The van der Waals surface area contributed by atoms with Crippen LogP contribution in [0.25, 0.3) is 11.1 Å². The number of aromatic nitrogens is 1. The van der Waals surface area contributed by atoms with Gasteiger partial charge in [-0.15, -0.1) is 0 Å². The number of carboxylic acids is 1. The third-order valence-electron chi connectivity index (χ3n) is 4.53. The minimum atomic E-state index is -1.05. The number of hydrogen-bond donors (Lipinski definition) is 3. The van der Waals surface area contributed by atoms with Gasteiger partial charge in [-0.05, 0) is 17.2 Å². The monoisotopic (exact) mass is 396 g/mol. The Kier molecular flexibility index (Phi) is 5.92. The van der Waals surface area contributed by atoms with Crippen molar-refractivity contribution in [3.8, 4) is 11.1 Å². The predicted octanol–water partition coefficient (Wildman–Crippen LogP) is 4.00. The largest absolute Gasteiger partial charge is 0.480 e. The summed E-state index contributed by atoms with van der Waals surface area (Å²) < 4.78 is 20.0. The summed E-state index contributed by atoms with van der Waals surface area (Å²) >= 11 is 0. The molecule has 0 fully saturated rings. The number of rotatable bonds is 6. The number of aliphatic carboxylic acids is 1. The Bertz CT molecular complexity index is 1020. The van der Waals surface area contributed by atoms with Gasteiger partial charge in [-0.3, -0.25) is 10.2 Å². The summed E-state index contributed by atoms with van der Waals surface area (Å²) in [7, 11) is 1.48. The Balaban J connectivity index is 1.73. The van der Waals surface area contributed by atoms with E-state index in [2.05, 4.69) is 10.5 Å². The minimum absolute atomic E-state index is 0.127. The van der Waals surface area contributed by atoms with Crippen LogP contribution >= 0.6 is 0 Å². The van der Waals surface area contributed by atoms with Crippen molar-refractivity contribution in [2.24, 2.45) is 0 Å². The molecule has 0 aliphatic carbocycles. The molecule has 3 rings (SSSR count). The molecule has 0 bridgehead atoms. The SMILES string of the molecule is CC(c1ccc(-c2ccccc2)c(F)c1)c1cc(NC(=N)N(C)CC(=O)O)no1. The maximum atomic E-state index is 14.6. The van der Waals surface area contributed by atoms with E-state index in [9.17, 15) is 9.18 Å². The van der Waals surface area contributed by atoms with Crippen molar-refractivity contribution in [1.82, 2.24) is 10.1 Å². The van der Waals surface area contributed by atoms with Crippen molar-refractivity contribution in [1.29, 1.82) is 5.41 Å². The summed E-state index contributed by atoms with van der Waals surface area (Å²) in [6.07, 6.45) is 0. The summed E-state index contributed by atoms with van der Waals surface area (Å²) in [6, 6.07) is 16.0. The number of hydrogen-bond acceptors (Lipinski definition) is 4. The molecule has 1 heterocycles. The molecule has 0 aliphatic rings. The lowest BCUT2D eigenvalue weighted by Crippen LogP contribution is -2.36. The lowest BCUT2D eigenvalue weighted by molar-refractivity contribution is -0.137. The van der Waals surface area contributed by atoms with E-state index in [1.54, 1.807) is 12.1 Å². The van der Waals surface area contributed by atoms with E-state index >= 15 is 0 Å². The number of anilines is 1. The molecule has 0 aliphatic heterocycles. The first-order valence-electron chi connectivity index (χ1n) is 8.95. The second kappa shape index (κ2) is 8.55. The predicted molar refractivity (Wildman–Crippen MR) is 107 cm³/mol. The molecule has 2 aromatic carbocycles. The smallest absolute Gasteiger partial charge is 0.323 e. The lowest BCUT2D eigenvalue weighted by Gasteiger charge is -2.16. The zero-order valence-electron chi connectivity index (χ0n) is 16.0. The highest BCUT2D eigenvalue weighted by Gasteiger charge is 2.18. The van der Waals surface area contributed by atoms with Crippen LogP contribution in [0.5, 0.6) is 0 Å². The average molecular weight is 396 g/mol. The van der Waals surface area contributed by atoms with E-state index < -0.39 is 5.97 Å². The van der Waals surface area contributed by atoms with Crippen LogP contribution in [0.15, 0.2) is 59.1 Å². The number of carboxylic acid groups (broad SMARTS) is 1. The Morgan fingerprint density at radius 3 is 2.66 bits per heavy atom. The number of nitrogens with zero attached hydrogens (tertiary/aromatic N) is 2. The van der Waals surface area contributed by atoms with Crippen LogP contribution in [-0.2, 0) is 4.79 Å². The van der Waals surface area contributed by atoms with Crippen molar-refractivity contribution < 1.29 is 18.8 Å². The molecule has 7 nitrogen and oxygen atoms in total. The number of carbonyl (C=O) groups is 1. The fraction of sp³-hybridized carbons (Fsp3) is 0.190. The van der Waals surface area contributed by atoms with Gasteiger partial charge in [-0.2, -0.15) is 0 Å². The highest BCUT2D eigenvalue weighted by Crippen LogP contribution is 2.30. The Morgan fingerprint density at radius 1 is 1.28 bits per heavy atom. The lowest BCUT2D eigenvalue weighted by atomic mass is 9.95. The van der Waals surface area contributed by atoms with Gasteiger partial charge in [-0.25, -0.2) is 4.39 Å². The maximum Gasteiger partial charge on any atom is 0.323 e. The summed E-state index contributed by atoms with van der Waals surface area (Å²) in [4.78, 5) is 11.9. The van der Waals surface area contributed by atoms with Gasteiger partial charge in [0, 0.05) is 24.6 Å². The highest BCUT2D eigenvalue weighted by atomic mass is 19.1. The van der Waals surface area contributed by atoms with E-state index in [1.807, 2.05) is 43.3 Å². The zero-order valence-corrected chi connectivity index (χ0v) is 16.0. The first-order valence-corrected chi connectivity index (χ1v) is 8.95. The van der Waals surface area contributed by atoms with Crippen LogP contribution < -0.4 is 5.32 Å². The van der Waals surface area contributed by atoms with Crippen LogP contribution in [0.1, 0.15) is 24.2 Å². The fourth-order valence-corrected chi connectivity index (χ4v) is 2.87. The summed E-state index contributed by atoms with van der Waals surface area (Å²) in [5.41, 5.74) is 2.05. The molecule has 8 heteroatoms. The molecule has 3 aromatic rings. The maximum absolute atomic E-state index is 14.6. The van der Waals surface area contributed by atoms with Crippen molar-refractivity contribution in [2.75, 3.05) is 18.9 Å². The van der Waals surface area contributed by atoms with E-state index in [-0.39, 0.29) is 30.1 Å². The van der Waals surface area contributed by atoms with Gasteiger partial charge in [0.1, 0.15) is 18.1 Å². The minimum Gasteiger partial charge on any atom is -0.480 e. The molecule has 150 valence electrons. The van der Waals surface area contributed by atoms with Crippen LogP contribution in [0.4, 0.5) is 10.2 Å². The average Bonchev–Trinajstić information content (AvgIpc) is 3.16. The highest BCUT2D eigenvalue weighted by molar-refractivity contribution is 5.92. The third-order valence-corrected chi connectivity index (χ3v) is 4.53. The fourth-order valence-electron chi connectivity index (χ4n) is 2.87. The molecule has 0 saturated carbocycles. The normalized spacial score (nSPS) is 11.7. The molecule has 3 N–H and O–H groups in total. The number of likely N-dealkylation sites (N-methyl/N-ethyl adjacent to an activating group) is 1. The zero-order chi connectivity index (χ0) is 21.0. The molecular weight excluding hydrogens is 375 g/mol. The second-order valence-electron chi connectivity index (χ2n) is 6.66. The molecule has 0 amide bonds. The van der Waals surface area contributed by atoms with Gasteiger partial charge < -0.3 is 19.8 Å². The van der Waals surface area contributed by atoms with Gasteiger partial charge in [0.15, 0.2) is 11.8 Å². The van der Waals surface area contributed by atoms with Gasteiger partial charge in [0.2, 0.25) is 0 Å². The first-order chi connectivity index (χ1) is 13.8. The summed E-state index contributed by atoms with van der Waals surface area (Å²) in [5.74, 6) is -0.991. The Labute approximate surface area is 167 Å². The molecule has 29 heavy (non-hydrogen) atoms. The number of benzene rings is 2. The van der Waals surface area contributed by atoms with E-state index in [0.717, 1.165) is 11.1 Å². The van der Waals surface area contributed by atoms with Crippen molar-refractivity contribution >= 4 is 17.7 Å². The van der Waals surface area contributed by atoms with Crippen LogP contribution in [0.3, 0.4) is 0 Å². The van der Waals surface area contributed by atoms with Gasteiger partial charge >= 0.3 is 5.97 Å². The topological polar surface area (TPSA) is 102 Å². The van der Waals surface area contributed by atoms with E-state index in [0.29, 0.717) is 11.3 Å². The van der Waals surface area contributed by atoms with Crippen LogP contribution in [0, 0.1) is 11.2 Å². The Hall–Kier alpha value is -3.68. The molecule has 1 aromatic heterocycles. The van der Waals surface area contributed by atoms with Crippen molar-refractivity contribution in [2.45, 2.75) is 12.8 Å². The van der Waals surface area contributed by atoms with Crippen molar-refractivity contribution in [3.05, 3.63) is 71.7 Å². The summed E-state index contributed by atoms with van der Waals surface area (Å²) in [5, 5.41) is 23.2. The standard InChI is InChI=1S/C21H21FN4O3/c1-13(15-8-9-16(17(22)10-15)14-6-4-3-5-7-14)18-11-19(25-29-18)24-21(23)26(2)12-20(27)28/h3-11,13H,12H2,1-2H3,(H,27,28)(H2,23,24,25). The molecule has 1 unspecified atom stereocenters. The third kappa shape index (κ3) is 4.78. The van der Waals surface area contributed by atoms with E-state index in [1.165, 1.54) is 18.0 Å². The quantitative estimate of drug-likeness (QED) is 0.430. The number of guanidine groups is 1. The second-order valence-corrected chi connectivity index (χ2v) is 6.66. The Morgan fingerprint density at radius 2 is 2.00 bits per heavy atom. The van der Waals surface area contributed by atoms with Crippen LogP contribution in [0.2, 0.25) is 0 Å². The number of nitrogens with one attached hydrogen (secondary N) is 2. The van der Waals surface area contributed by atoms with Gasteiger partial charge in [-0.1, -0.05) is 54.5 Å².